The largest absolute Gasteiger partial charge is 0.444 e. The van der Waals surface area contributed by atoms with Crippen LogP contribution in [0.25, 0.3) is 0 Å². The van der Waals surface area contributed by atoms with E-state index in [1.54, 1.807) is 11.3 Å². The highest BCUT2D eigenvalue weighted by Crippen LogP contribution is 2.28. The van der Waals surface area contributed by atoms with Gasteiger partial charge in [-0.25, -0.2) is 9.78 Å². The summed E-state index contributed by atoms with van der Waals surface area (Å²) >= 11 is 1.66. The van der Waals surface area contributed by atoms with E-state index in [9.17, 15) is 4.79 Å². The Bertz CT molecular complexity index is 997. The predicted octanol–water partition coefficient (Wildman–Crippen LogP) is 6.62. The molecule has 0 saturated heterocycles. The average molecular weight is 467 g/mol. The second-order valence-electron chi connectivity index (χ2n) is 8.99. The molecule has 0 saturated carbocycles. The second-order valence-corrected chi connectivity index (χ2v) is 10.1. The quantitative estimate of drug-likeness (QED) is 0.365. The van der Waals surface area contributed by atoms with Crippen molar-refractivity contribution < 1.29 is 14.3 Å². The smallest absolute Gasteiger partial charge is 0.408 e. The molecule has 33 heavy (non-hydrogen) atoms. The van der Waals surface area contributed by atoms with Crippen LogP contribution < -0.4 is 5.32 Å². The van der Waals surface area contributed by atoms with Gasteiger partial charge in [-0.15, -0.1) is 11.3 Å². The van der Waals surface area contributed by atoms with Crippen molar-refractivity contribution in [1.82, 2.24) is 10.3 Å². The van der Waals surface area contributed by atoms with E-state index in [0.717, 1.165) is 35.5 Å². The molecule has 0 unspecified atom stereocenters. The number of rotatable bonds is 10. The first kappa shape index (κ1) is 24.9. The van der Waals surface area contributed by atoms with E-state index >= 15 is 0 Å². The molecule has 2 aromatic carbocycles. The maximum absolute atomic E-state index is 12.4. The number of aryl methyl sites for hydroxylation is 2. The first-order chi connectivity index (χ1) is 15.8. The average Bonchev–Trinajstić information content (AvgIpc) is 3.19. The molecule has 1 N–H and O–H groups in total. The molecule has 3 rings (SSSR count). The van der Waals surface area contributed by atoms with E-state index in [-0.39, 0.29) is 6.04 Å². The van der Waals surface area contributed by atoms with E-state index in [2.05, 4.69) is 41.7 Å². The normalized spacial score (nSPS) is 12.4. The van der Waals surface area contributed by atoms with Gasteiger partial charge in [0.25, 0.3) is 0 Å². The monoisotopic (exact) mass is 466 g/mol. The standard InChI is InChI=1S/C27H34N2O3S/c1-5-22(29-26(30)32-27(2,3)4)25-28-23(19-31-18-21-14-10-7-11-15-21)24(33-25)17-16-20-12-8-6-9-13-20/h6-15,22H,5,16-19H2,1-4H3,(H,29,30)/t22-/m0/s1. The Hall–Kier alpha value is -2.70. The highest BCUT2D eigenvalue weighted by atomic mass is 32.1. The highest BCUT2D eigenvalue weighted by molar-refractivity contribution is 7.11. The van der Waals surface area contributed by atoms with Gasteiger partial charge in [-0.05, 0) is 51.2 Å². The lowest BCUT2D eigenvalue weighted by molar-refractivity contribution is 0.0502. The summed E-state index contributed by atoms with van der Waals surface area (Å²) in [7, 11) is 0. The number of nitrogens with zero attached hydrogens (tertiary/aromatic N) is 1. The fourth-order valence-electron chi connectivity index (χ4n) is 3.39. The summed E-state index contributed by atoms with van der Waals surface area (Å²) in [5, 5.41) is 3.88. The van der Waals surface area contributed by atoms with Crippen LogP contribution in [-0.2, 0) is 35.5 Å². The number of carbonyl (C=O) groups is 1. The number of thiazole rings is 1. The number of alkyl carbamates (subject to hydrolysis) is 1. The van der Waals surface area contributed by atoms with Gasteiger partial charge in [0.15, 0.2) is 0 Å². The molecule has 0 aliphatic carbocycles. The Kier molecular flexibility index (Phi) is 9.03. The Balaban J connectivity index is 1.72. The van der Waals surface area contributed by atoms with Crippen molar-refractivity contribution in [2.45, 2.75) is 71.8 Å². The van der Waals surface area contributed by atoms with Gasteiger partial charge in [0.1, 0.15) is 10.6 Å². The summed E-state index contributed by atoms with van der Waals surface area (Å²) in [6, 6.07) is 20.4. The summed E-state index contributed by atoms with van der Waals surface area (Å²) in [4.78, 5) is 18.4. The first-order valence-electron chi connectivity index (χ1n) is 11.5. The summed E-state index contributed by atoms with van der Waals surface area (Å²) in [5.74, 6) is 0. The van der Waals surface area contributed by atoms with Gasteiger partial charge in [-0.3, -0.25) is 0 Å². The van der Waals surface area contributed by atoms with Crippen LogP contribution in [0, 0.1) is 0 Å². The maximum Gasteiger partial charge on any atom is 0.408 e. The molecule has 6 heteroatoms. The zero-order valence-corrected chi connectivity index (χ0v) is 20.8. The maximum atomic E-state index is 12.4. The van der Waals surface area contributed by atoms with Crippen LogP contribution >= 0.6 is 11.3 Å². The molecule has 0 aliphatic rings. The zero-order chi connectivity index (χ0) is 23.7. The van der Waals surface area contributed by atoms with Crippen molar-refractivity contribution in [2.75, 3.05) is 0 Å². The summed E-state index contributed by atoms with van der Waals surface area (Å²) in [6.07, 6.45) is 2.13. The molecule has 1 amide bonds. The molecule has 176 valence electrons. The van der Waals surface area contributed by atoms with Gasteiger partial charge in [0.05, 0.1) is 24.9 Å². The van der Waals surface area contributed by atoms with E-state index in [4.69, 9.17) is 14.5 Å². The minimum Gasteiger partial charge on any atom is -0.444 e. The van der Waals surface area contributed by atoms with Crippen LogP contribution in [-0.4, -0.2) is 16.7 Å². The van der Waals surface area contributed by atoms with Crippen molar-refractivity contribution in [1.29, 1.82) is 0 Å². The van der Waals surface area contributed by atoms with Crippen LogP contribution in [0.1, 0.15) is 66.9 Å². The van der Waals surface area contributed by atoms with Crippen LogP contribution in [0.2, 0.25) is 0 Å². The second kappa shape index (κ2) is 12.0. The van der Waals surface area contributed by atoms with Gasteiger partial charge >= 0.3 is 6.09 Å². The van der Waals surface area contributed by atoms with Crippen molar-refractivity contribution in [3.05, 3.63) is 87.4 Å². The zero-order valence-electron chi connectivity index (χ0n) is 20.0. The Labute approximate surface area is 201 Å². The van der Waals surface area contributed by atoms with Crippen molar-refractivity contribution in [2.24, 2.45) is 0 Å². The van der Waals surface area contributed by atoms with E-state index < -0.39 is 11.7 Å². The highest BCUT2D eigenvalue weighted by Gasteiger charge is 2.23. The van der Waals surface area contributed by atoms with Crippen molar-refractivity contribution in [3.63, 3.8) is 0 Å². The van der Waals surface area contributed by atoms with E-state index in [0.29, 0.717) is 13.2 Å². The molecular weight excluding hydrogens is 432 g/mol. The molecular formula is C27H34N2O3S. The van der Waals surface area contributed by atoms with Gasteiger partial charge in [0.2, 0.25) is 0 Å². The summed E-state index contributed by atoms with van der Waals surface area (Å²) < 4.78 is 11.5. The summed E-state index contributed by atoms with van der Waals surface area (Å²) in [6.45, 7) is 8.61. The van der Waals surface area contributed by atoms with Crippen LogP contribution in [0.5, 0.6) is 0 Å². The van der Waals surface area contributed by atoms with Gasteiger partial charge in [-0.2, -0.15) is 0 Å². The van der Waals surface area contributed by atoms with Crippen LogP contribution in [0.4, 0.5) is 4.79 Å². The number of benzene rings is 2. The van der Waals surface area contributed by atoms with Crippen LogP contribution in [0.15, 0.2) is 60.7 Å². The molecule has 0 radical (unpaired) electrons. The lowest BCUT2D eigenvalue weighted by Crippen LogP contribution is -2.34. The Morgan fingerprint density at radius 3 is 2.21 bits per heavy atom. The number of hydrogen-bond acceptors (Lipinski definition) is 5. The number of carbonyl (C=O) groups excluding carboxylic acids is 1. The van der Waals surface area contributed by atoms with E-state index in [1.165, 1.54) is 10.4 Å². The van der Waals surface area contributed by atoms with Crippen molar-refractivity contribution in [3.8, 4) is 0 Å². The fourth-order valence-corrected chi connectivity index (χ4v) is 4.59. The topological polar surface area (TPSA) is 60.5 Å². The minimum absolute atomic E-state index is 0.191. The number of aromatic nitrogens is 1. The Morgan fingerprint density at radius 1 is 0.970 bits per heavy atom. The minimum atomic E-state index is -0.539. The number of nitrogens with one attached hydrogen (secondary N) is 1. The summed E-state index contributed by atoms with van der Waals surface area (Å²) in [5.41, 5.74) is 2.84. The molecule has 0 aliphatic heterocycles. The lowest BCUT2D eigenvalue weighted by Gasteiger charge is -2.22. The van der Waals surface area contributed by atoms with Crippen LogP contribution in [0.3, 0.4) is 0 Å². The van der Waals surface area contributed by atoms with E-state index in [1.807, 2.05) is 52.0 Å². The van der Waals surface area contributed by atoms with Crippen molar-refractivity contribution >= 4 is 17.4 Å². The predicted molar refractivity (Wildman–Crippen MR) is 133 cm³/mol. The third kappa shape index (κ3) is 8.30. The molecule has 0 bridgehead atoms. The SMILES string of the molecule is CC[C@H](NC(=O)OC(C)(C)C)c1nc(COCc2ccccc2)c(CCc2ccccc2)s1. The molecule has 1 aromatic heterocycles. The molecule has 3 aromatic rings. The number of amides is 1. The first-order valence-corrected chi connectivity index (χ1v) is 12.3. The number of hydrogen-bond donors (Lipinski definition) is 1. The number of ether oxygens (including phenoxy) is 2. The molecule has 0 fully saturated rings. The van der Waals surface area contributed by atoms with Gasteiger partial charge < -0.3 is 14.8 Å². The van der Waals surface area contributed by atoms with Gasteiger partial charge in [0, 0.05) is 4.88 Å². The molecule has 1 heterocycles. The third-order valence-electron chi connectivity index (χ3n) is 5.03. The fraction of sp³-hybridized carbons (Fsp3) is 0.407. The molecule has 5 nitrogen and oxygen atoms in total. The molecule has 1 atom stereocenters. The lowest BCUT2D eigenvalue weighted by atomic mass is 10.1. The van der Waals surface area contributed by atoms with Gasteiger partial charge in [-0.1, -0.05) is 67.6 Å². The molecule has 0 spiro atoms. The third-order valence-corrected chi connectivity index (χ3v) is 6.30. The Morgan fingerprint density at radius 2 is 1.61 bits per heavy atom.